The first-order chi connectivity index (χ1) is 12.1. The van der Waals surface area contributed by atoms with Gasteiger partial charge in [0.1, 0.15) is 0 Å². The summed E-state index contributed by atoms with van der Waals surface area (Å²) in [4.78, 5) is 12.1. The Balaban J connectivity index is 1.88. The fourth-order valence-corrected chi connectivity index (χ4v) is 2.41. The molecular weight excluding hydrogens is 316 g/mol. The zero-order valence-corrected chi connectivity index (χ0v) is 15.0. The molecule has 2 aromatic carbocycles. The molecule has 0 aliphatic carbocycles. The van der Waals surface area contributed by atoms with Crippen LogP contribution in [0.4, 0.5) is 4.79 Å². The highest BCUT2D eigenvalue weighted by Gasteiger charge is 2.10. The molecule has 25 heavy (non-hydrogen) atoms. The van der Waals surface area contributed by atoms with Gasteiger partial charge in [0.15, 0.2) is 11.5 Å². The van der Waals surface area contributed by atoms with Crippen LogP contribution in [0.3, 0.4) is 0 Å². The third-order valence-electron chi connectivity index (χ3n) is 3.79. The standard InChI is InChI=1S/C20H26N2O3/c1-4-12-25-18-11-10-16(13-19(18)24-3)14-21-20(23)22-15(2)17-8-6-5-7-9-17/h5-11,13,15H,4,12,14H2,1-3H3,(H2,21,22,23). The number of carbonyl (C=O) groups excluding carboxylic acids is 1. The van der Waals surface area contributed by atoms with Crippen molar-refractivity contribution in [1.82, 2.24) is 10.6 Å². The van der Waals surface area contributed by atoms with Gasteiger partial charge in [-0.2, -0.15) is 0 Å². The second-order valence-electron chi connectivity index (χ2n) is 5.79. The summed E-state index contributed by atoms with van der Waals surface area (Å²) in [6.07, 6.45) is 0.937. The van der Waals surface area contributed by atoms with E-state index in [1.54, 1.807) is 7.11 Å². The molecule has 0 aliphatic heterocycles. The van der Waals surface area contributed by atoms with E-state index in [2.05, 4.69) is 17.6 Å². The third kappa shape index (κ3) is 5.71. The molecule has 134 valence electrons. The Morgan fingerprint density at radius 2 is 1.88 bits per heavy atom. The zero-order chi connectivity index (χ0) is 18.1. The molecule has 0 aromatic heterocycles. The van der Waals surface area contributed by atoms with E-state index < -0.39 is 0 Å². The molecule has 0 heterocycles. The summed E-state index contributed by atoms with van der Waals surface area (Å²) in [5, 5.41) is 5.80. The molecule has 0 aliphatic rings. The average Bonchev–Trinajstić information content (AvgIpc) is 2.65. The summed E-state index contributed by atoms with van der Waals surface area (Å²) in [7, 11) is 1.61. The van der Waals surface area contributed by atoms with Gasteiger partial charge in [-0.15, -0.1) is 0 Å². The van der Waals surface area contributed by atoms with Crippen molar-refractivity contribution in [1.29, 1.82) is 0 Å². The largest absolute Gasteiger partial charge is 0.493 e. The lowest BCUT2D eigenvalue weighted by Crippen LogP contribution is -2.36. The van der Waals surface area contributed by atoms with Crippen LogP contribution < -0.4 is 20.1 Å². The van der Waals surface area contributed by atoms with Crippen molar-refractivity contribution >= 4 is 6.03 Å². The Hall–Kier alpha value is -2.69. The highest BCUT2D eigenvalue weighted by Crippen LogP contribution is 2.28. The minimum atomic E-state index is -0.207. The highest BCUT2D eigenvalue weighted by atomic mass is 16.5. The Bertz CT molecular complexity index is 674. The molecule has 2 aromatic rings. The van der Waals surface area contributed by atoms with E-state index in [-0.39, 0.29) is 12.1 Å². The normalized spacial score (nSPS) is 11.5. The first-order valence-corrected chi connectivity index (χ1v) is 8.53. The molecule has 5 nitrogen and oxygen atoms in total. The molecule has 2 amide bonds. The van der Waals surface area contributed by atoms with Crippen molar-refractivity contribution in [2.75, 3.05) is 13.7 Å². The number of urea groups is 1. The highest BCUT2D eigenvalue weighted by molar-refractivity contribution is 5.74. The summed E-state index contributed by atoms with van der Waals surface area (Å²) < 4.78 is 11.0. The van der Waals surface area contributed by atoms with Crippen molar-refractivity contribution < 1.29 is 14.3 Å². The van der Waals surface area contributed by atoms with Crippen LogP contribution in [0, 0.1) is 0 Å². The second-order valence-corrected chi connectivity index (χ2v) is 5.79. The van der Waals surface area contributed by atoms with Gasteiger partial charge in [-0.05, 0) is 36.6 Å². The molecule has 1 atom stereocenters. The quantitative estimate of drug-likeness (QED) is 0.761. The van der Waals surface area contributed by atoms with Crippen LogP contribution in [0.1, 0.15) is 37.4 Å². The van der Waals surface area contributed by atoms with Gasteiger partial charge in [-0.1, -0.05) is 43.3 Å². The number of benzene rings is 2. The predicted octanol–water partition coefficient (Wildman–Crippen LogP) is 4.04. The van der Waals surface area contributed by atoms with Gasteiger partial charge in [-0.3, -0.25) is 0 Å². The number of nitrogens with one attached hydrogen (secondary N) is 2. The molecule has 1 unspecified atom stereocenters. The van der Waals surface area contributed by atoms with E-state index >= 15 is 0 Å². The number of hydrogen-bond acceptors (Lipinski definition) is 3. The van der Waals surface area contributed by atoms with E-state index in [0.717, 1.165) is 23.3 Å². The second kappa shape index (κ2) is 9.57. The molecule has 2 N–H and O–H groups in total. The predicted molar refractivity (Wildman–Crippen MR) is 99.0 cm³/mol. The van der Waals surface area contributed by atoms with Gasteiger partial charge in [0.25, 0.3) is 0 Å². The molecule has 0 saturated heterocycles. The van der Waals surface area contributed by atoms with Crippen molar-refractivity contribution in [3.63, 3.8) is 0 Å². The molecule has 2 rings (SSSR count). The van der Waals surface area contributed by atoms with E-state index in [4.69, 9.17) is 9.47 Å². The van der Waals surface area contributed by atoms with Crippen molar-refractivity contribution in [3.05, 3.63) is 59.7 Å². The molecule has 0 radical (unpaired) electrons. The topological polar surface area (TPSA) is 59.6 Å². The van der Waals surface area contributed by atoms with Crippen LogP contribution >= 0.6 is 0 Å². The lowest BCUT2D eigenvalue weighted by atomic mass is 10.1. The number of rotatable bonds is 8. The SMILES string of the molecule is CCCOc1ccc(CNC(=O)NC(C)c2ccccc2)cc1OC. The summed E-state index contributed by atoms with van der Waals surface area (Å²) in [5.74, 6) is 1.39. The third-order valence-corrected chi connectivity index (χ3v) is 3.79. The van der Waals surface area contributed by atoms with Gasteiger partial charge in [0.05, 0.1) is 19.8 Å². The average molecular weight is 342 g/mol. The van der Waals surface area contributed by atoms with Crippen molar-refractivity contribution in [2.45, 2.75) is 32.9 Å². The Morgan fingerprint density at radius 3 is 2.56 bits per heavy atom. The maximum Gasteiger partial charge on any atom is 0.315 e. The van der Waals surface area contributed by atoms with Crippen LogP contribution in [0.5, 0.6) is 11.5 Å². The van der Waals surface area contributed by atoms with Crippen LogP contribution in [-0.4, -0.2) is 19.7 Å². The van der Waals surface area contributed by atoms with E-state index in [0.29, 0.717) is 18.9 Å². The maximum absolute atomic E-state index is 12.1. The van der Waals surface area contributed by atoms with E-state index in [9.17, 15) is 4.79 Å². The van der Waals surface area contributed by atoms with Crippen LogP contribution in [0.15, 0.2) is 48.5 Å². The molecule has 5 heteroatoms. The first kappa shape index (κ1) is 18.6. The fourth-order valence-electron chi connectivity index (χ4n) is 2.41. The van der Waals surface area contributed by atoms with E-state index in [1.165, 1.54) is 0 Å². The molecule has 0 spiro atoms. The lowest BCUT2D eigenvalue weighted by Gasteiger charge is -2.16. The maximum atomic E-state index is 12.1. The van der Waals surface area contributed by atoms with Gasteiger partial charge >= 0.3 is 6.03 Å². The smallest absolute Gasteiger partial charge is 0.315 e. The number of methoxy groups -OCH3 is 1. The monoisotopic (exact) mass is 342 g/mol. The summed E-state index contributed by atoms with van der Waals surface area (Å²) >= 11 is 0. The van der Waals surface area contributed by atoms with Crippen LogP contribution in [0.25, 0.3) is 0 Å². The van der Waals surface area contributed by atoms with Gasteiger partial charge < -0.3 is 20.1 Å². The number of ether oxygens (including phenoxy) is 2. The van der Waals surface area contributed by atoms with Crippen molar-refractivity contribution in [3.8, 4) is 11.5 Å². The van der Waals surface area contributed by atoms with E-state index in [1.807, 2.05) is 55.5 Å². The minimum Gasteiger partial charge on any atom is -0.493 e. The number of hydrogen-bond donors (Lipinski definition) is 2. The molecular formula is C20H26N2O3. The van der Waals surface area contributed by atoms with Gasteiger partial charge in [-0.25, -0.2) is 4.79 Å². The Labute approximate surface area is 149 Å². The molecule has 0 saturated carbocycles. The van der Waals surface area contributed by atoms with Crippen LogP contribution in [-0.2, 0) is 6.54 Å². The number of amides is 2. The molecule has 0 fully saturated rings. The fraction of sp³-hybridized carbons (Fsp3) is 0.350. The minimum absolute atomic E-state index is 0.0550. The summed E-state index contributed by atoms with van der Waals surface area (Å²) in [6, 6.07) is 15.3. The Morgan fingerprint density at radius 1 is 1.12 bits per heavy atom. The summed E-state index contributed by atoms with van der Waals surface area (Å²) in [6.45, 7) is 5.07. The first-order valence-electron chi connectivity index (χ1n) is 8.53. The Kier molecular flexibility index (Phi) is 7.14. The number of carbonyl (C=O) groups is 1. The summed E-state index contributed by atoms with van der Waals surface area (Å²) in [5.41, 5.74) is 2.01. The van der Waals surface area contributed by atoms with Crippen molar-refractivity contribution in [2.24, 2.45) is 0 Å². The molecule has 0 bridgehead atoms. The van der Waals surface area contributed by atoms with Crippen LogP contribution in [0.2, 0.25) is 0 Å². The van der Waals surface area contributed by atoms with Gasteiger partial charge in [0, 0.05) is 6.54 Å². The zero-order valence-electron chi connectivity index (χ0n) is 15.0. The lowest BCUT2D eigenvalue weighted by molar-refractivity contribution is 0.237. The van der Waals surface area contributed by atoms with Gasteiger partial charge in [0.2, 0.25) is 0 Å².